The van der Waals surface area contributed by atoms with Crippen LogP contribution >= 0.6 is 11.8 Å². The molecule has 11 heteroatoms. The lowest BCUT2D eigenvalue weighted by Crippen LogP contribution is -2.42. The second-order valence-electron chi connectivity index (χ2n) is 6.80. The molecule has 0 bridgehead atoms. The molecule has 0 saturated carbocycles. The number of thioether (sulfide) groups is 1. The van der Waals surface area contributed by atoms with Crippen LogP contribution in [0.4, 0.5) is 18.9 Å². The van der Waals surface area contributed by atoms with Gasteiger partial charge < -0.3 is 20.1 Å². The Hall–Kier alpha value is -2.40. The highest BCUT2D eigenvalue weighted by Crippen LogP contribution is 2.46. The molecule has 29 heavy (non-hydrogen) atoms. The van der Waals surface area contributed by atoms with Crippen molar-refractivity contribution in [3.8, 4) is 5.75 Å². The Labute approximate surface area is 168 Å². The van der Waals surface area contributed by atoms with E-state index in [1.165, 1.54) is 7.11 Å². The number of allylic oxidation sites excluding steroid dienone is 1. The highest BCUT2D eigenvalue weighted by atomic mass is 32.2. The Balaban J connectivity index is 1.80. The highest BCUT2D eigenvalue weighted by molar-refractivity contribution is 8.03. The number of carbonyl (C=O) groups excluding carboxylic acids is 1. The number of carbonyl (C=O) groups is 1. The maximum absolute atomic E-state index is 13.6. The van der Waals surface area contributed by atoms with Gasteiger partial charge >= 0.3 is 6.18 Å². The van der Waals surface area contributed by atoms with Crippen LogP contribution in [0.3, 0.4) is 0 Å². The molecule has 1 aromatic heterocycles. The minimum atomic E-state index is -4.65. The van der Waals surface area contributed by atoms with Gasteiger partial charge in [0.1, 0.15) is 11.4 Å². The van der Waals surface area contributed by atoms with Crippen LogP contribution in [0.15, 0.2) is 29.4 Å². The molecule has 4 rings (SSSR count). The molecular weight excluding hydrogens is 409 g/mol. The molecular formula is C18H19F3N4O3S. The van der Waals surface area contributed by atoms with Crippen LogP contribution in [0.1, 0.15) is 18.9 Å². The van der Waals surface area contributed by atoms with Gasteiger partial charge in [-0.2, -0.15) is 18.3 Å². The average Bonchev–Trinajstić information content (AvgIpc) is 3.31. The third-order valence-corrected chi connectivity index (χ3v) is 6.04. The Morgan fingerprint density at radius 3 is 2.69 bits per heavy atom. The monoisotopic (exact) mass is 428 g/mol. The number of benzene rings is 1. The largest absolute Gasteiger partial charge is 0.494 e. The summed E-state index contributed by atoms with van der Waals surface area (Å²) in [4.78, 5) is 12.7. The minimum Gasteiger partial charge on any atom is -0.494 e. The summed E-state index contributed by atoms with van der Waals surface area (Å²) in [5.41, 5.74) is 5.12. The van der Waals surface area contributed by atoms with E-state index in [-0.39, 0.29) is 17.5 Å². The summed E-state index contributed by atoms with van der Waals surface area (Å²) in [6, 6.07) is 3.30. The first kappa shape index (κ1) is 19.9. The molecule has 156 valence electrons. The van der Waals surface area contributed by atoms with Gasteiger partial charge in [0, 0.05) is 36.3 Å². The van der Waals surface area contributed by atoms with E-state index in [2.05, 4.69) is 5.10 Å². The summed E-state index contributed by atoms with van der Waals surface area (Å²) >= 11 is 0.720. The van der Waals surface area contributed by atoms with Crippen molar-refractivity contribution in [3.05, 3.63) is 29.4 Å². The maximum Gasteiger partial charge on any atom is 0.432 e. The molecule has 1 atom stereocenters. The van der Waals surface area contributed by atoms with E-state index in [1.54, 1.807) is 18.3 Å². The standard InChI is InChI=1S/C18H19F3N4O3S/c1-27-14-7-12-10(8-24(23-12)11-2-4-28-5-3-11)6-13(14)25-15(18(19,20)21)9-29-17(25)16(22)26/h6-9,11,17H,2-5H2,1H3,(H2,22,26). The SMILES string of the molecule is COc1cc2nn(C3CCOCC3)cc2cc1N1C(C(F)(F)F)=CSC1C(N)=O. The number of hydrogen-bond donors (Lipinski definition) is 1. The number of nitrogens with two attached hydrogens (primary N) is 1. The first-order chi connectivity index (χ1) is 13.8. The smallest absolute Gasteiger partial charge is 0.432 e. The van der Waals surface area contributed by atoms with Crippen LogP contribution in [0.5, 0.6) is 5.75 Å². The van der Waals surface area contributed by atoms with Gasteiger partial charge in [0.15, 0.2) is 5.37 Å². The van der Waals surface area contributed by atoms with Gasteiger partial charge in [-0.15, -0.1) is 0 Å². The third kappa shape index (κ3) is 3.64. The van der Waals surface area contributed by atoms with E-state index in [4.69, 9.17) is 15.2 Å². The maximum atomic E-state index is 13.6. The second kappa shape index (κ2) is 7.45. The molecule has 0 aliphatic carbocycles. The number of nitrogens with zero attached hydrogens (tertiary/aromatic N) is 3. The van der Waals surface area contributed by atoms with Gasteiger partial charge in [-0.3, -0.25) is 9.48 Å². The van der Waals surface area contributed by atoms with Gasteiger partial charge in [-0.05, 0) is 18.9 Å². The summed E-state index contributed by atoms with van der Waals surface area (Å²) in [6.45, 7) is 1.28. The zero-order valence-corrected chi connectivity index (χ0v) is 16.3. The van der Waals surface area contributed by atoms with Crippen molar-refractivity contribution in [2.75, 3.05) is 25.2 Å². The lowest BCUT2D eigenvalue weighted by atomic mass is 10.1. The molecule has 7 nitrogen and oxygen atoms in total. The van der Waals surface area contributed by atoms with E-state index >= 15 is 0 Å². The fraction of sp³-hybridized carbons (Fsp3) is 0.444. The van der Waals surface area contributed by atoms with Gasteiger partial charge in [0.25, 0.3) is 5.91 Å². The number of fused-ring (bicyclic) bond motifs is 1. The first-order valence-electron chi connectivity index (χ1n) is 8.95. The molecule has 2 aliphatic heterocycles. The van der Waals surface area contributed by atoms with Crippen molar-refractivity contribution in [1.29, 1.82) is 0 Å². The third-order valence-electron chi connectivity index (χ3n) is 4.98. The summed E-state index contributed by atoms with van der Waals surface area (Å²) in [6.07, 6.45) is -1.23. The summed E-state index contributed by atoms with van der Waals surface area (Å²) < 4.78 is 53.3. The van der Waals surface area contributed by atoms with Gasteiger partial charge in [-0.25, -0.2) is 0 Å². The van der Waals surface area contributed by atoms with Crippen LogP contribution in [-0.4, -0.2) is 47.6 Å². The number of anilines is 1. The lowest BCUT2D eigenvalue weighted by molar-refractivity contribution is -0.117. The Morgan fingerprint density at radius 1 is 1.34 bits per heavy atom. The normalized spacial score (nSPS) is 20.9. The van der Waals surface area contributed by atoms with E-state index < -0.39 is 23.2 Å². The number of aromatic nitrogens is 2. The van der Waals surface area contributed by atoms with Crippen LogP contribution in [-0.2, 0) is 9.53 Å². The van der Waals surface area contributed by atoms with Crippen molar-refractivity contribution >= 4 is 34.3 Å². The molecule has 0 spiro atoms. The number of ether oxygens (including phenoxy) is 2. The van der Waals surface area contributed by atoms with Gasteiger partial charge in [0.05, 0.1) is 24.4 Å². The summed E-state index contributed by atoms with van der Waals surface area (Å²) in [7, 11) is 1.36. The molecule has 1 aromatic carbocycles. The van der Waals surface area contributed by atoms with Crippen LogP contribution in [0.2, 0.25) is 0 Å². The molecule has 1 amide bonds. The molecule has 2 N–H and O–H groups in total. The quantitative estimate of drug-likeness (QED) is 0.806. The van der Waals surface area contributed by atoms with Crippen molar-refractivity contribution in [3.63, 3.8) is 0 Å². The number of alkyl halides is 3. The topological polar surface area (TPSA) is 82.6 Å². The zero-order chi connectivity index (χ0) is 20.8. The summed E-state index contributed by atoms with van der Waals surface area (Å²) in [5, 5.41) is 4.90. The number of rotatable bonds is 4. The highest BCUT2D eigenvalue weighted by Gasteiger charge is 2.47. The van der Waals surface area contributed by atoms with Crippen LogP contribution in [0, 0.1) is 0 Å². The summed E-state index contributed by atoms with van der Waals surface area (Å²) in [5.74, 6) is -0.691. The van der Waals surface area contributed by atoms with Gasteiger partial charge in [-0.1, -0.05) is 11.8 Å². The molecule has 2 aliphatic rings. The van der Waals surface area contributed by atoms with Crippen LogP contribution in [0.25, 0.3) is 10.9 Å². The molecule has 1 saturated heterocycles. The Kier molecular flexibility index (Phi) is 5.11. The average molecular weight is 428 g/mol. The molecule has 3 heterocycles. The lowest BCUT2D eigenvalue weighted by Gasteiger charge is -2.29. The number of methoxy groups -OCH3 is 1. The fourth-order valence-electron chi connectivity index (χ4n) is 3.57. The number of amides is 1. The van der Waals surface area contributed by atoms with Crippen molar-refractivity contribution in [2.24, 2.45) is 5.73 Å². The van der Waals surface area contributed by atoms with Gasteiger partial charge in [0.2, 0.25) is 0 Å². The molecule has 1 fully saturated rings. The number of hydrogen-bond acceptors (Lipinski definition) is 6. The van der Waals surface area contributed by atoms with Crippen molar-refractivity contribution in [2.45, 2.75) is 30.4 Å². The Bertz CT molecular complexity index is 969. The number of halogens is 3. The minimum absolute atomic E-state index is 0.115. The van der Waals surface area contributed by atoms with E-state index in [0.29, 0.717) is 24.1 Å². The molecule has 2 aromatic rings. The predicted octanol–water partition coefficient (Wildman–Crippen LogP) is 3.16. The first-order valence-corrected chi connectivity index (χ1v) is 9.90. The Morgan fingerprint density at radius 2 is 2.07 bits per heavy atom. The molecule has 0 radical (unpaired) electrons. The number of primary amides is 1. The second-order valence-corrected chi connectivity index (χ2v) is 7.75. The van der Waals surface area contributed by atoms with Crippen molar-refractivity contribution < 1.29 is 27.4 Å². The van der Waals surface area contributed by atoms with E-state index in [0.717, 1.165) is 34.9 Å². The molecule has 1 unspecified atom stereocenters. The predicted molar refractivity (Wildman–Crippen MR) is 103 cm³/mol. The zero-order valence-electron chi connectivity index (χ0n) is 15.5. The van der Waals surface area contributed by atoms with E-state index in [9.17, 15) is 18.0 Å². The fourth-order valence-corrected chi connectivity index (χ4v) is 4.56. The van der Waals surface area contributed by atoms with E-state index in [1.807, 2.05) is 4.68 Å². The van der Waals surface area contributed by atoms with Crippen LogP contribution < -0.4 is 15.4 Å². The van der Waals surface area contributed by atoms with Crippen molar-refractivity contribution in [1.82, 2.24) is 9.78 Å².